The van der Waals surface area contributed by atoms with Crippen LogP contribution in [0.25, 0.3) is 0 Å². The SMILES string of the molecule is COc1cccc(OC)c1C(=O)N1CCC(Cc2ccncc2)C1. The van der Waals surface area contributed by atoms with Crippen molar-refractivity contribution >= 4 is 5.91 Å². The maximum absolute atomic E-state index is 13.0. The Kier molecular flexibility index (Phi) is 4.99. The van der Waals surface area contributed by atoms with E-state index in [9.17, 15) is 4.79 Å². The van der Waals surface area contributed by atoms with Gasteiger partial charge in [0.1, 0.15) is 17.1 Å². The molecule has 1 atom stereocenters. The van der Waals surface area contributed by atoms with Gasteiger partial charge in [-0.1, -0.05) is 6.07 Å². The van der Waals surface area contributed by atoms with Gasteiger partial charge in [0.05, 0.1) is 14.2 Å². The van der Waals surface area contributed by atoms with Crippen LogP contribution in [0.3, 0.4) is 0 Å². The molecule has 1 aromatic heterocycles. The molecule has 1 saturated heterocycles. The Morgan fingerprint density at radius 1 is 1.17 bits per heavy atom. The van der Waals surface area contributed by atoms with Crippen LogP contribution in [0.4, 0.5) is 0 Å². The van der Waals surface area contributed by atoms with Gasteiger partial charge in [-0.15, -0.1) is 0 Å². The highest BCUT2D eigenvalue weighted by molar-refractivity contribution is 5.99. The van der Waals surface area contributed by atoms with Crippen molar-refractivity contribution in [3.63, 3.8) is 0 Å². The van der Waals surface area contributed by atoms with Crippen molar-refractivity contribution in [3.05, 3.63) is 53.9 Å². The Morgan fingerprint density at radius 3 is 2.46 bits per heavy atom. The highest BCUT2D eigenvalue weighted by Gasteiger charge is 2.30. The number of ether oxygens (including phenoxy) is 2. The molecule has 5 nitrogen and oxygen atoms in total. The van der Waals surface area contributed by atoms with Crippen LogP contribution in [0.5, 0.6) is 11.5 Å². The number of methoxy groups -OCH3 is 2. The second kappa shape index (κ2) is 7.34. The number of likely N-dealkylation sites (tertiary alicyclic amines) is 1. The van der Waals surface area contributed by atoms with Gasteiger partial charge in [0.2, 0.25) is 0 Å². The molecule has 3 rings (SSSR count). The van der Waals surface area contributed by atoms with Crippen molar-refractivity contribution < 1.29 is 14.3 Å². The largest absolute Gasteiger partial charge is 0.496 e. The smallest absolute Gasteiger partial charge is 0.261 e. The predicted octanol–water partition coefficient (Wildman–Crippen LogP) is 2.80. The van der Waals surface area contributed by atoms with Crippen molar-refractivity contribution in [1.29, 1.82) is 0 Å². The number of benzene rings is 1. The zero-order valence-corrected chi connectivity index (χ0v) is 14.1. The highest BCUT2D eigenvalue weighted by Crippen LogP contribution is 2.31. The molecule has 0 aliphatic carbocycles. The van der Waals surface area contributed by atoms with Crippen LogP contribution in [0.1, 0.15) is 22.3 Å². The third kappa shape index (κ3) is 3.35. The molecule has 5 heteroatoms. The number of pyridine rings is 1. The second-order valence-corrected chi connectivity index (χ2v) is 6.00. The molecule has 0 spiro atoms. The quantitative estimate of drug-likeness (QED) is 0.848. The fourth-order valence-electron chi connectivity index (χ4n) is 3.26. The molecule has 126 valence electrons. The first-order valence-corrected chi connectivity index (χ1v) is 8.12. The molecule has 24 heavy (non-hydrogen) atoms. The molecule has 1 aliphatic rings. The van der Waals surface area contributed by atoms with E-state index < -0.39 is 0 Å². The van der Waals surface area contributed by atoms with E-state index >= 15 is 0 Å². The molecule has 0 N–H and O–H groups in total. The number of aromatic nitrogens is 1. The van der Waals surface area contributed by atoms with Crippen molar-refractivity contribution in [2.75, 3.05) is 27.3 Å². The first-order chi connectivity index (χ1) is 11.7. The lowest BCUT2D eigenvalue weighted by Gasteiger charge is -2.20. The summed E-state index contributed by atoms with van der Waals surface area (Å²) >= 11 is 0. The summed E-state index contributed by atoms with van der Waals surface area (Å²) in [6.45, 7) is 1.51. The maximum atomic E-state index is 13.0. The Hall–Kier alpha value is -2.56. The molecule has 1 aliphatic heterocycles. The third-order valence-corrected chi connectivity index (χ3v) is 4.49. The van der Waals surface area contributed by atoms with Gasteiger partial charge in [-0.3, -0.25) is 9.78 Å². The van der Waals surface area contributed by atoms with Crippen LogP contribution in [-0.4, -0.2) is 43.1 Å². The molecular formula is C19H22N2O3. The average molecular weight is 326 g/mol. The van der Waals surface area contributed by atoms with Gasteiger partial charge in [0, 0.05) is 25.5 Å². The lowest BCUT2D eigenvalue weighted by Crippen LogP contribution is -2.29. The zero-order valence-electron chi connectivity index (χ0n) is 14.1. The molecule has 2 heterocycles. The summed E-state index contributed by atoms with van der Waals surface area (Å²) in [4.78, 5) is 18.9. The Morgan fingerprint density at radius 2 is 1.83 bits per heavy atom. The summed E-state index contributed by atoms with van der Waals surface area (Å²) in [5, 5.41) is 0. The summed E-state index contributed by atoms with van der Waals surface area (Å²) in [7, 11) is 3.14. The van der Waals surface area contributed by atoms with E-state index in [-0.39, 0.29) is 5.91 Å². The van der Waals surface area contributed by atoms with Crippen LogP contribution < -0.4 is 9.47 Å². The first kappa shape index (κ1) is 16.3. The van der Waals surface area contributed by atoms with E-state index in [4.69, 9.17) is 9.47 Å². The van der Waals surface area contributed by atoms with Crippen molar-refractivity contribution in [2.24, 2.45) is 5.92 Å². The summed E-state index contributed by atoms with van der Waals surface area (Å²) in [5.41, 5.74) is 1.77. The molecule has 2 aromatic rings. The summed E-state index contributed by atoms with van der Waals surface area (Å²) < 4.78 is 10.7. The van der Waals surface area contributed by atoms with Crippen LogP contribution in [0.2, 0.25) is 0 Å². The molecule has 1 unspecified atom stereocenters. The minimum absolute atomic E-state index is 0.0264. The maximum Gasteiger partial charge on any atom is 0.261 e. The highest BCUT2D eigenvalue weighted by atomic mass is 16.5. The number of amides is 1. The van der Waals surface area contributed by atoms with Crippen LogP contribution in [0.15, 0.2) is 42.7 Å². The molecular weight excluding hydrogens is 304 g/mol. The Labute approximate surface area is 142 Å². The van der Waals surface area contributed by atoms with E-state index in [1.54, 1.807) is 26.4 Å². The van der Waals surface area contributed by atoms with E-state index in [1.165, 1.54) is 5.56 Å². The van der Waals surface area contributed by atoms with Gasteiger partial charge in [-0.2, -0.15) is 0 Å². The topological polar surface area (TPSA) is 51.7 Å². The molecule has 1 amide bonds. The lowest BCUT2D eigenvalue weighted by molar-refractivity contribution is 0.0780. The Balaban J connectivity index is 1.73. The molecule has 1 fully saturated rings. The van der Waals surface area contributed by atoms with Crippen LogP contribution >= 0.6 is 0 Å². The standard InChI is InChI=1S/C19H22N2O3/c1-23-16-4-3-5-17(24-2)18(16)19(22)21-11-8-15(13-21)12-14-6-9-20-10-7-14/h3-7,9-10,15H,8,11-13H2,1-2H3. The number of nitrogens with zero attached hydrogens (tertiary/aromatic N) is 2. The monoisotopic (exact) mass is 326 g/mol. The minimum Gasteiger partial charge on any atom is -0.496 e. The molecule has 1 aromatic carbocycles. The lowest BCUT2D eigenvalue weighted by atomic mass is 10.00. The zero-order chi connectivity index (χ0) is 16.9. The number of hydrogen-bond donors (Lipinski definition) is 0. The van der Waals surface area contributed by atoms with Crippen molar-refractivity contribution in [3.8, 4) is 11.5 Å². The third-order valence-electron chi connectivity index (χ3n) is 4.49. The van der Waals surface area contributed by atoms with Gasteiger partial charge in [-0.25, -0.2) is 0 Å². The Bertz CT molecular complexity index is 681. The molecule has 0 saturated carbocycles. The van der Waals surface area contributed by atoms with E-state index in [2.05, 4.69) is 4.98 Å². The number of carbonyl (C=O) groups is 1. The van der Waals surface area contributed by atoms with Crippen LogP contribution in [0, 0.1) is 5.92 Å². The number of hydrogen-bond acceptors (Lipinski definition) is 4. The molecule has 0 radical (unpaired) electrons. The van der Waals surface area contributed by atoms with Gasteiger partial charge >= 0.3 is 0 Å². The van der Waals surface area contributed by atoms with Gasteiger partial charge in [0.15, 0.2) is 0 Å². The van der Waals surface area contributed by atoms with E-state index in [1.807, 2.05) is 35.5 Å². The first-order valence-electron chi connectivity index (χ1n) is 8.12. The molecule has 0 bridgehead atoms. The van der Waals surface area contributed by atoms with Crippen molar-refractivity contribution in [1.82, 2.24) is 9.88 Å². The van der Waals surface area contributed by atoms with Crippen molar-refractivity contribution in [2.45, 2.75) is 12.8 Å². The van der Waals surface area contributed by atoms with Gasteiger partial charge in [0.25, 0.3) is 5.91 Å². The summed E-state index contributed by atoms with van der Waals surface area (Å²) in [6.07, 6.45) is 5.60. The summed E-state index contributed by atoms with van der Waals surface area (Å²) in [6, 6.07) is 9.48. The number of rotatable bonds is 5. The second-order valence-electron chi connectivity index (χ2n) is 6.00. The van der Waals surface area contributed by atoms with Gasteiger partial charge in [-0.05, 0) is 48.6 Å². The van der Waals surface area contributed by atoms with Crippen LogP contribution in [-0.2, 0) is 6.42 Å². The number of carbonyl (C=O) groups excluding carboxylic acids is 1. The fourth-order valence-corrected chi connectivity index (χ4v) is 3.26. The van der Waals surface area contributed by atoms with Gasteiger partial charge < -0.3 is 14.4 Å². The minimum atomic E-state index is -0.0264. The summed E-state index contributed by atoms with van der Waals surface area (Å²) in [5.74, 6) is 1.55. The van der Waals surface area contributed by atoms with E-state index in [0.717, 1.165) is 25.9 Å². The normalized spacial score (nSPS) is 16.9. The predicted molar refractivity (Wildman–Crippen MR) is 91.5 cm³/mol. The fraction of sp³-hybridized carbons (Fsp3) is 0.368. The van der Waals surface area contributed by atoms with E-state index in [0.29, 0.717) is 23.0 Å². The average Bonchev–Trinajstić information content (AvgIpc) is 3.09.